The van der Waals surface area contributed by atoms with E-state index in [9.17, 15) is 4.79 Å². The highest BCUT2D eigenvalue weighted by atomic mass is 79.9. The lowest BCUT2D eigenvalue weighted by Crippen LogP contribution is -2.25. The van der Waals surface area contributed by atoms with Gasteiger partial charge in [-0.3, -0.25) is 4.79 Å². The Morgan fingerprint density at radius 3 is 2.71 bits per heavy atom. The first kappa shape index (κ1) is 17.9. The molecule has 0 unspecified atom stereocenters. The molecule has 0 spiro atoms. The van der Waals surface area contributed by atoms with Gasteiger partial charge in [0.1, 0.15) is 5.75 Å². The van der Waals surface area contributed by atoms with Crippen LogP contribution in [0.5, 0.6) is 5.75 Å². The van der Waals surface area contributed by atoms with E-state index in [0.29, 0.717) is 11.5 Å². The summed E-state index contributed by atoms with van der Waals surface area (Å²) in [5.41, 5.74) is 5.22. The molecule has 0 heterocycles. The van der Waals surface area contributed by atoms with Gasteiger partial charge in [0.05, 0.1) is 5.71 Å². The van der Waals surface area contributed by atoms with Crippen molar-refractivity contribution >= 4 is 33.6 Å². The number of hydrogen-bond acceptors (Lipinski definition) is 3. The van der Waals surface area contributed by atoms with Gasteiger partial charge in [-0.15, -0.1) is 0 Å². The first-order valence-corrected chi connectivity index (χ1v) is 8.29. The zero-order chi connectivity index (χ0) is 17.4. The fourth-order valence-electron chi connectivity index (χ4n) is 1.92. The third-order valence-electron chi connectivity index (χ3n) is 3.17. The standard InChI is InChI=1S/C19H19BrN2O2/c1-14-12-17(20)10-11-18(14)24-13-19(23)22-21-15(2)8-9-16-6-4-3-5-7-16/h3-12H,13H2,1-2H3,(H,22,23)/b9-8+,21-15-. The third-order valence-corrected chi connectivity index (χ3v) is 3.66. The Balaban J connectivity index is 1.82. The molecule has 2 aromatic carbocycles. The van der Waals surface area contributed by atoms with E-state index in [0.717, 1.165) is 15.6 Å². The Bertz CT molecular complexity index is 755. The molecule has 0 saturated carbocycles. The summed E-state index contributed by atoms with van der Waals surface area (Å²) in [4.78, 5) is 11.8. The molecule has 0 aliphatic heterocycles. The lowest BCUT2D eigenvalue weighted by molar-refractivity contribution is -0.123. The minimum Gasteiger partial charge on any atom is -0.483 e. The molecule has 0 bridgehead atoms. The van der Waals surface area contributed by atoms with Crippen LogP contribution in [0.3, 0.4) is 0 Å². The highest BCUT2D eigenvalue weighted by Gasteiger charge is 2.04. The number of nitrogens with zero attached hydrogens (tertiary/aromatic N) is 1. The average Bonchev–Trinajstić information content (AvgIpc) is 2.58. The van der Waals surface area contributed by atoms with Gasteiger partial charge in [-0.1, -0.05) is 52.3 Å². The van der Waals surface area contributed by atoms with Crippen molar-refractivity contribution in [1.29, 1.82) is 0 Å². The van der Waals surface area contributed by atoms with E-state index in [2.05, 4.69) is 26.5 Å². The topological polar surface area (TPSA) is 50.7 Å². The molecular formula is C19H19BrN2O2. The maximum Gasteiger partial charge on any atom is 0.277 e. The zero-order valence-corrected chi connectivity index (χ0v) is 15.2. The lowest BCUT2D eigenvalue weighted by Gasteiger charge is -2.08. The van der Waals surface area contributed by atoms with Crippen molar-refractivity contribution in [1.82, 2.24) is 5.43 Å². The number of aryl methyl sites for hydroxylation is 1. The van der Waals surface area contributed by atoms with Crippen LogP contribution in [0.15, 0.2) is 64.2 Å². The van der Waals surface area contributed by atoms with Crippen LogP contribution < -0.4 is 10.2 Å². The highest BCUT2D eigenvalue weighted by molar-refractivity contribution is 9.10. The number of rotatable bonds is 6. The van der Waals surface area contributed by atoms with Crippen molar-refractivity contribution in [2.24, 2.45) is 5.10 Å². The highest BCUT2D eigenvalue weighted by Crippen LogP contribution is 2.21. The van der Waals surface area contributed by atoms with Crippen LogP contribution in [-0.4, -0.2) is 18.2 Å². The number of hydrogen-bond donors (Lipinski definition) is 1. The Kier molecular flexibility index (Phi) is 6.75. The summed E-state index contributed by atoms with van der Waals surface area (Å²) in [6, 6.07) is 15.5. The first-order valence-electron chi connectivity index (χ1n) is 7.50. The monoisotopic (exact) mass is 386 g/mol. The van der Waals surface area contributed by atoms with Crippen LogP contribution in [0.25, 0.3) is 6.08 Å². The molecule has 0 aromatic heterocycles. The normalized spacial score (nSPS) is 11.5. The van der Waals surface area contributed by atoms with Gasteiger partial charge in [-0.25, -0.2) is 5.43 Å². The number of carbonyl (C=O) groups is 1. The molecule has 0 fully saturated rings. The van der Waals surface area contributed by atoms with Crippen LogP contribution in [0.1, 0.15) is 18.1 Å². The quantitative estimate of drug-likeness (QED) is 0.592. The molecule has 24 heavy (non-hydrogen) atoms. The fraction of sp³-hybridized carbons (Fsp3) is 0.158. The molecule has 0 saturated heterocycles. The van der Waals surface area contributed by atoms with Gasteiger partial charge in [0.15, 0.2) is 6.61 Å². The Hall–Kier alpha value is -2.40. The van der Waals surface area contributed by atoms with Gasteiger partial charge in [0.25, 0.3) is 5.91 Å². The van der Waals surface area contributed by atoms with Gasteiger partial charge < -0.3 is 4.74 Å². The van der Waals surface area contributed by atoms with E-state index in [1.165, 1.54) is 0 Å². The number of halogens is 1. The first-order chi connectivity index (χ1) is 11.5. The Morgan fingerprint density at radius 2 is 2.00 bits per heavy atom. The summed E-state index contributed by atoms with van der Waals surface area (Å²) < 4.78 is 6.47. The van der Waals surface area contributed by atoms with E-state index in [1.54, 1.807) is 0 Å². The summed E-state index contributed by atoms with van der Waals surface area (Å²) in [6.07, 6.45) is 3.78. The number of allylic oxidation sites excluding steroid dienone is 1. The summed E-state index contributed by atoms with van der Waals surface area (Å²) in [5.74, 6) is 0.378. The molecule has 0 aliphatic rings. The number of nitrogens with one attached hydrogen (secondary N) is 1. The second-order valence-corrected chi connectivity index (χ2v) is 6.15. The van der Waals surface area contributed by atoms with E-state index < -0.39 is 0 Å². The maximum atomic E-state index is 11.8. The van der Waals surface area contributed by atoms with Crippen molar-refractivity contribution in [3.8, 4) is 5.75 Å². The smallest absolute Gasteiger partial charge is 0.277 e. The Morgan fingerprint density at radius 1 is 1.25 bits per heavy atom. The predicted molar refractivity (Wildman–Crippen MR) is 101 cm³/mol. The minimum atomic E-state index is -0.301. The summed E-state index contributed by atoms with van der Waals surface area (Å²) in [6.45, 7) is 3.66. The van der Waals surface area contributed by atoms with E-state index in [1.807, 2.05) is 74.5 Å². The average molecular weight is 387 g/mol. The molecular weight excluding hydrogens is 368 g/mol. The fourth-order valence-corrected chi connectivity index (χ4v) is 2.39. The molecule has 0 radical (unpaired) electrons. The van der Waals surface area contributed by atoms with Crippen molar-refractivity contribution in [2.75, 3.05) is 6.61 Å². The van der Waals surface area contributed by atoms with Gasteiger partial charge in [-0.05, 0) is 49.2 Å². The SMILES string of the molecule is CC(/C=C/c1ccccc1)=N/NC(=O)COc1ccc(Br)cc1C. The summed E-state index contributed by atoms with van der Waals surface area (Å²) in [5, 5.41) is 4.03. The van der Waals surface area contributed by atoms with Gasteiger partial charge >= 0.3 is 0 Å². The lowest BCUT2D eigenvalue weighted by atomic mass is 10.2. The molecule has 5 heteroatoms. The summed E-state index contributed by atoms with van der Waals surface area (Å²) >= 11 is 3.39. The van der Waals surface area contributed by atoms with E-state index >= 15 is 0 Å². The van der Waals surface area contributed by atoms with Gasteiger partial charge in [0, 0.05) is 4.47 Å². The van der Waals surface area contributed by atoms with Crippen LogP contribution in [0.4, 0.5) is 0 Å². The predicted octanol–water partition coefficient (Wildman–Crippen LogP) is 4.34. The largest absolute Gasteiger partial charge is 0.483 e. The molecule has 124 valence electrons. The number of carbonyl (C=O) groups excluding carboxylic acids is 1. The van der Waals surface area contributed by atoms with Crippen LogP contribution in [0, 0.1) is 6.92 Å². The number of hydrazone groups is 1. The van der Waals surface area contributed by atoms with Crippen LogP contribution in [-0.2, 0) is 4.79 Å². The van der Waals surface area contributed by atoms with Crippen LogP contribution >= 0.6 is 15.9 Å². The molecule has 1 N–H and O–H groups in total. The molecule has 0 aliphatic carbocycles. The second kappa shape index (κ2) is 9.03. The molecule has 2 aromatic rings. The van der Waals surface area contributed by atoms with Crippen molar-refractivity contribution in [3.05, 3.63) is 70.2 Å². The second-order valence-electron chi connectivity index (χ2n) is 5.23. The van der Waals surface area contributed by atoms with Crippen LogP contribution in [0.2, 0.25) is 0 Å². The summed E-state index contributed by atoms with van der Waals surface area (Å²) in [7, 11) is 0. The maximum absolute atomic E-state index is 11.8. The van der Waals surface area contributed by atoms with Gasteiger partial charge in [0.2, 0.25) is 0 Å². The minimum absolute atomic E-state index is 0.0817. The van der Waals surface area contributed by atoms with Crippen molar-refractivity contribution in [2.45, 2.75) is 13.8 Å². The van der Waals surface area contributed by atoms with E-state index in [-0.39, 0.29) is 12.5 Å². The molecule has 0 atom stereocenters. The molecule has 2 rings (SSSR count). The van der Waals surface area contributed by atoms with Crippen molar-refractivity contribution < 1.29 is 9.53 Å². The van der Waals surface area contributed by atoms with E-state index in [4.69, 9.17) is 4.74 Å². The molecule has 1 amide bonds. The zero-order valence-electron chi connectivity index (χ0n) is 13.6. The number of ether oxygens (including phenoxy) is 1. The van der Waals surface area contributed by atoms with Crippen molar-refractivity contribution in [3.63, 3.8) is 0 Å². The Labute approximate surface area is 150 Å². The number of amides is 1. The molecule has 4 nitrogen and oxygen atoms in total. The third kappa shape index (κ3) is 6.01. The number of benzene rings is 2. The van der Waals surface area contributed by atoms with Gasteiger partial charge in [-0.2, -0.15) is 5.10 Å².